The van der Waals surface area contributed by atoms with Crippen molar-refractivity contribution in [3.05, 3.63) is 65.2 Å². The van der Waals surface area contributed by atoms with Gasteiger partial charge < -0.3 is 4.74 Å². The van der Waals surface area contributed by atoms with E-state index < -0.39 is 5.91 Å². The number of ether oxygens (including phenoxy) is 1. The molecule has 134 valence electrons. The number of amides is 2. The zero-order valence-electron chi connectivity index (χ0n) is 15.0. The van der Waals surface area contributed by atoms with Gasteiger partial charge in [0.2, 0.25) is 0 Å². The minimum atomic E-state index is -0.403. The number of nitrogens with zero attached hydrogens (tertiary/aromatic N) is 1. The average molecular weight is 350 g/mol. The number of aryl methyl sites for hydroxylation is 1. The highest BCUT2D eigenvalue weighted by molar-refractivity contribution is 6.31. The number of hydrogen-bond acceptors (Lipinski definition) is 3. The molecule has 5 nitrogen and oxygen atoms in total. The Labute approximate surface area is 153 Å². The highest BCUT2D eigenvalue weighted by Crippen LogP contribution is 2.24. The van der Waals surface area contributed by atoms with Crippen LogP contribution < -0.4 is 15.2 Å². The van der Waals surface area contributed by atoms with Gasteiger partial charge in [-0.05, 0) is 54.8 Å². The zero-order chi connectivity index (χ0) is 18.5. The maximum atomic E-state index is 12.6. The lowest BCUT2D eigenvalue weighted by atomic mass is 10.1. The molecule has 0 aromatic heterocycles. The molecule has 1 saturated heterocycles. The van der Waals surface area contributed by atoms with E-state index in [0.717, 1.165) is 29.7 Å². The number of carbonyl (C=O) groups excluding carboxylic acids is 2. The van der Waals surface area contributed by atoms with E-state index in [2.05, 4.69) is 12.3 Å². The van der Waals surface area contributed by atoms with E-state index in [-0.39, 0.29) is 11.5 Å². The molecular weight excluding hydrogens is 328 g/mol. The van der Waals surface area contributed by atoms with Gasteiger partial charge in [-0.1, -0.05) is 37.6 Å². The summed E-state index contributed by atoms with van der Waals surface area (Å²) in [6, 6.07) is 14.7. The first-order chi connectivity index (χ1) is 12.6. The van der Waals surface area contributed by atoms with Gasteiger partial charge in [0.1, 0.15) is 11.3 Å². The quantitative estimate of drug-likeness (QED) is 0.492. The lowest BCUT2D eigenvalue weighted by Gasteiger charge is -2.13. The summed E-state index contributed by atoms with van der Waals surface area (Å²) in [4.78, 5) is 24.8. The van der Waals surface area contributed by atoms with E-state index in [9.17, 15) is 9.59 Å². The molecule has 26 heavy (non-hydrogen) atoms. The molecule has 0 saturated carbocycles. The summed E-state index contributed by atoms with van der Waals surface area (Å²) in [6.07, 6.45) is 3.71. The van der Waals surface area contributed by atoms with Crippen LogP contribution in [0.3, 0.4) is 0 Å². The summed E-state index contributed by atoms with van der Waals surface area (Å²) < 4.78 is 5.74. The van der Waals surface area contributed by atoms with Crippen LogP contribution in [0.5, 0.6) is 5.75 Å². The van der Waals surface area contributed by atoms with E-state index in [1.807, 2.05) is 43.3 Å². The van der Waals surface area contributed by atoms with Crippen molar-refractivity contribution in [3.8, 4) is 5.75 Å². The van der Waals surface area contributed by atoms with E-state index >= 15 is 0 Å². The van der Waals surface area contributed by atoms with Crippen molar-refractivity contribution in [2.24, 2.45) is 0 Å². The first-order valence-corrected chi connectivity index (χ1v) is 8.76. The van der Waals surface area contributed by atoms with Gasteiger partial charge >= 0.3 is 0 Å². The number of benzene rings is 2. The molecule has 2 aromatic carbocycles. The molecule has 0 atom stereocenters. The summed E-state index contributed by atoms with van der Waals surface area (Å²) >= 11 is 0. The molecule has 1 aliphatic rings. The molecule has 1 aliphatic heterocycles. The first-order valence-electron chi connectivity index (χ1n) is 8.76. The third-order valence-corrected chi connectivity index (χ3v) is 4.17. The fraction of sp³-hybridized carbons (Fsp3) is 0.238. The van der Waals surface area contributed by atoms with E-state index in [4.69, 9.17) is 4.74 Å². The number of hydrogen-bond donors (Lipinski definition) is 1. The number of nitrogens with one attached hydrogen (secondary N) is 1. The lowest BCUT2D eigenvalue weighted by molar-refractivity contribution is -0.117. The number of para-hydroxylation sites is 1. The second-order valence-corrected chi connectivity index (χ2v) is 6.20. The molecular formula is C21H22N2O3. The highest BCUT2D eigenvalue weighted by atomic mass is 16.5. The maximum Gasteiger partial charge on any atom is 0.282 e. The Balaban J connectivity index is 1.80. The summed E-state index contributed by atoms with van der Waals surface area (Å²) in [6.45, 7) is 4.76. The van der Waals surface area contributed by atoms with Gasteiger partial charge in [-0.15, -0.1) is 0 Å². The number of hydrazine groups is 1. The van der Waals surface area contributed by atoms with Gasteiger partial charge in [-0.25, -0.2) is 5.01 Å². The van der Waals surface area contributed by atoms with Crippen LogP contribution in [0.15, 0.2) is 54.1 Å². The van der Waals surface area contributed by atoms with E-state index in [1.54, 1.807) is 18.2 Å². The Bertz CT molecular complexity index is 844. The van der Waals surface area contributed by atoms with Crippen LogP contribution in [0, 0.1) is 6.92 Å². The Hall–Kier alpha value is -3.08. The van der Waals surface area contributed by atoms with Gasteiger partial charge in [0.25, 0.3) is 11.8 Å². The van der Waals surface area contributed by atoms with Gasteiger partial charge in [-0.2, -0.15) is 0 Å². The predicted molar refractivity (Wildman–Crippen MR) is 102 cm³/mol. The molecule has 0 radical (unpaired) electrons. The number of unbranched alkanes of at least 4 members (excludes halogenated alkanes) is 1. The molecule has 2 amide bonds. The SMILES string of the molecule is CCCCOc1ccc(/C=C2/C(=O)NN(c3ccccc3)C2=O)cc1C. The lowest BCUT2D eigenvalue weighted by Crippen LogP contribution is -2.35. The maximum absolute atomic E-state index is 12.6. The average Bonchev–Trinajstić information content (AvgIpc) is 2.92. The normalized spacial score (nSPS) is 15.5. The van der Waals surface area contributed by atoms with Crippen molar-refractivity contribution in [2.45, 2.75) is 26.7 Å². The second kappa shape index (κ2) is 7.87. The molecule has 0 bridgehead atoms. The third kappa shape index (κ3) is 3.77. The molecule has 1 heterocycles. The Morgan fingerprint density at radius 1 is 1.12 bits per heavy atom. The topological polar surface area (TPSA) is 58.6 Å². The van der Waals surface area contributed by atoms with Gasteiger partial charge in [0.15, 0.2) is 0 Å². The molecule has 5 heteroatoms. The van der Waals surface area contributed by atoms with Gasteiger partial charge in [0, 0.05) is 0 Å². The predicted octanol–water partition coefficient (Wildman–Crippen LogP) is 3.64. The molecule has 2 aromatic rings. The molecule has 3 rings (SSSR count). The Morgan fingerprint density at radius 3 is 2.58 bits per heavy atom. The van der Waals surface area contributed by atoms with Crippen LogP contribution in [-0.2, 0) is 9.59 Å². The van der Waals surface area contributed by atoms with Gasteiger partial charge in [0.05, 0.1) is 12.3 Å². The van der Waals surface area contributed by atoms with Gasteiger partial charge in [-0.3, -0.25) is 15.0 Å². The molecule has 1 fully saturated rings. The van der Waals surface area contributed by atoms with Crippen LogP contribution in [0.1, 0.15) is 30.9 Å². The van der Waals surface area contributed by atoms with Crippen LogP contribution >= 0.6 is 0 Å². The molecule has 0 aliphatic carbocycles. The number of anilines is 1. The smallest absolute Gasteiger partial charge is 0.282 e. The number of rotatable bonds is 6. The summed E-state index contributed by atoms with van der Waals surface area (Å²) in [5.74, 6) is 0.0654. The number of carbonyl (C=O) groups is 2. The highest BCUT2D eigenvalue weighted by Gasteiger charge is 2.34. The molecule has 0 spiro atoms. The molecule has 0 unspecified atom stereocenters. The van der Waals surface area contributed by atoms with E-state index in [1.165, 1.54) is 5.01 Å². The summed E-state index contributed by atoms with van der Waals surface area (Å²) in [5.41, 5.74) is 5.11. The van der Waals surface area contributed by atoms with Crippen molar-refractivity contribution < 1.29 is 14.3 Å². The van der Waals surface area contributed by atoms with Crippen molar-refractivity contribution in [1.29, 1.82) is 0 Å². The van der Waals surface area contributed by atoms with Crippen LogP contribution in [0.2, 0.25) is 0 Å². The second-order valence-electron chi connectivity index (χ2n) is 6.20. The van der Waals surface area contributed by atoms with Crippen molar-refractivity contribution in [3.63, 3.8) is 0 Å². The standard InChI is InChI=1S/C21H22N2O3/c1-3-4-12-26-19-11-10-16(13-15(19)2)14-18-20(24)22-23(21(18)25)17-8-6-5-7-9-17/h5-11,13-14H,3-4,12H2,1-2H3,(H,22,24)/b18-14-. The molecule has 1 N–H and O–H groups in total. The zero-order valence-corrected chi connectivity index (χ0v) is 15.0. The van der Waals surface area contributed by atoms with Crippen LogP contribution in [-0.4, -0.2) is 18.4 Å². The minimum absolute atomic E-state index is 0.118. The van der Waals surface area contributed by atoms with Crippen LogP contribution in [0.4, 0.5) is 5.69 Å². The minimum Gasteiger partial charge on any atom is -0.493 e. The van der Waals surface area contributed by atoms with Crippen molar-refractivity contribution >= 4 is 23.6 Å². The van der Waals surface area contributed by atoms with E-state index in [0.29, 0.717) is 12.3 Å². The summed E-state index contributed by atoms with van der Waals surface area (Å²) in [7, 11) is 0. The van der Waals surface area contributed by atoms with Crippen molar-refractivity contribution in [1.82, 2.24) is 5.43 Å². The summed E-state index contributed by atoms with van der Waals surface area (Å²) in [5, 5.41) is 1.27. The van der Waals surface area contributed by atoms with Crippen molar-refractivity contribution in [2.75, 3.05) is 11.6 Å². The monoisotopic (exact) mass is 350 g/mol. The fourth-order valence-electron chi connectivity index (χ4n) is 2.73. The van der Waals surface area contributed by atoms with Crippen LogP contribution in [0.25, 0.3) is 6.08 Å². The fourth-order valence-corrected chi connectivity index (χ4v) is 2.73. The third-order valence-electron chi connectivity index (χ3n) is 4.17. The largest absolute Gasteiger partial charge is 0.493 e. The Morgan fingerprint density at radius 2 is 1.88 bits per heavy atom. The first kappa shape index (κ1) is 17.7. The Kier molecular flexibility index (Phi) is 5.37.